The highest BCUT2D eigenvalue weighted by Gasteiger charge is 2.24. The van der Waals surface area contributed by atoms with Crippen LogP contribution in [0.15, 0.2) is 188 Å². The van der Waals surface area contributed by atoms with Gasteiger partial charge in [-0.1, -0.05) is 146 Å². The zero-order chi connectivity index (χ0) is 34.7. The van der Waals surface area contributed by atoms with E-state index < -0.39 is 0 Å². The van der Waals surface area contributed by atoms with E-state index in [0.29, 0.717) is 5.92 Å². The molecule has 0 saturated carbocycles. The maximum atomic E-state index is 2.52. The monoisotopic (exact) mass is 670 g/mol. The van der Waals surface area contributed by atoms with Crippen LogP contribution in [-0.4, -0.2) is 6.04 Å². The molecule has 0 aliphatic heterocycles. The Morgan fingerprint density at radius 2 is 1.04 bits per heavy atom. The molecule has 7 aromatic carbocycles. The zero-order valence-electron chi connectivity index (χ0n) is 29.4. The summed E-state index contributed by atoms with van der Waals surface area (Å²) in [5.74, 6) is 0.554. The Bertz CT molecular complexity index is 2460. The number of benzene rings is 7. The fourth-order valence-corrected chi connectivity index (χ4v) is 8.14. The number of anilines is 4. The molecule has 0 fully saturated rings. The van der Waals surface area contributed by atoms with Gasteiger partial charge in [0, 0.05) is 28.4 Å². The van der Waals surface area contributed by atoms with E-state index >= 15 is 0 Å². The molecule has 2 unspecified atom stereocenters. The van der Waals surface area contributed by atoms with Crippen molar-refractivity contribution in [2.24, 2.45) is 0 Å². The predicted molar refractivity (Wildman–Crippen MR) is 221 cm³/mol. The van der Waals surface area contributed by atoms with Crippen molar-refractivity contribution in [3.05, 3.63) is 204 Å². The second-order valence-electron chi connectivity index (χ2n) is 14.0. The second kappa shape index (κ2) is 14.2. The summed E-state index contributed by atoms with van der Waals surface area (Å²) in [4.78, 5) is 5.00. The maximum absolute atomic E-state index is 2.52. The quantitative estimate of drug-likeness (QED) is 0.159. The van der Waals surface area contributed by atoms with E-state index in [9.17, 15) is 0 Å². The third-order valence-corrected chi connectivity index (χ3v) is 10.9. The van der Waals surface area contributed by atoms with Crippen molar-refractivity contribution in [2.45, 2.75) is 37.6 Å². The number of hydrogen-bond acceptors (Lipinski definition) is 2. The Hall–Kier alpha value is -6.12. The fraction of sp³-hybridized carbons (Fsp3) is 0.120. The molecule has 2 aliphatic rings. The fourth-order valence-electron chi connectivity index (χ4n) is 8.14. The van der Waals surface area contributed by atoms with Gasteiger partial charge in [0.25, 0.3) is 0 Å². The van der Waals surface area contributed by atoms with Gasteiger partial charge < -0.3 is 9.80 Å². The minimum absolute atomic E-state index is 0.194. The van der Waals surface area contributed by atoms with E-state index in [4.69, 9.17) is 0 Å². The highest BCUT2D eigenvalue weighted by Crippen LogP contribution is 2.41. The van der Waals surface area contributed by atoms with Gasteiger partial charge in [0.2, 0.25) is 0 Å². The Kier molecular flexibility index (Phi) is 8.72. The van der Waals surface area contributed by atoms with Gasteiger partial charge in [-0.3, -0.25) is 0 Å². The van der Waals surface area contributed by atoms with Crippen molar-refractivity contribution in [1.82, 2.24) is 0 Å². The molecule has 0 spiro atoms. The first-order chi connectivity index (χ1) is 25.8. The lowest BCUT2D eigenvalue weighted by Crippen LogP contribution is -2.37. The normalized spacial score (nSPS) is 16.6. The molecule has 252 valence electrons. The maximum Gasteiger partial charge on any atom is 0.0566 e. The molecule has 0 heterocycles. The standard InChI is InChI=1S/C50H42N2/c1-3-11-37(12-4-1)41-19-25-45(26-20-41)51(46-27-21-42(22-28-46)38-13-5-2-6-14-38)47-31-33-48(34-32-47)52(49-29-23-39-15-7-9-17-43(39)35-49)50-30-24-40-16-8-10-18-44(40)36-50/h1-20,23-27,29,31-36,42,50H,21-22,28,30H2. The zero-order valence-corrected chi connectivity index (χ0v) is 29.4. The van der Waals surface area contributed by atoms with Gasteiger partial charge in [-0.25, -0.2) is 0 Å². The summed E-state index contributed by atoms with van der Waals surface area (Å²) in [6, 6.07) is 64.5. The summed E-state index contributed by atoms with van der Waals surface area (Å²) in [5, 5.41) is 5.13. The van der Waals surface area contributed by atoms with E-state index in [1.165, 1.54) is 66.3 Å². The van der Waals surface area contributed by atoms with Gasteiger partial charge in [-0.2, -0.15) is 0 Å². The van der Waals surface area contributed by atoms with E-state index in [0.717, 1.165) is 25.7 Å². The molecule has 0 amide bonds. The van der Waals surface area contributed by atoms with Crippen molar-refractivity contribution in [3.63, 3.8) is 0 Å². The van der Waals surface area contributed by atoms with Crippen LogP contribution >= 0.6 is 0 Å². The Morgan fingerprint density at radius 1 is 0.442 bits per heavy atom. The Balaban J connectivity index is 1.10. The van der Waals surface area contributed by atoms with Crippen LogP contribution in [-0.2, 0) is 0 Å². The molecule has 0 aromatic heterocycles. The van der Waals surface area contributed by atoms with Crippen LogP contribution in [0.1, 0.15) is 37.2 Å². The smallest absolute Gasteiger partial charge is 0.0566 e. The van der Waals surface area contributed by atoms with E-state index in [1.54, 1.807) is 0 Å². The molecule has 0 bridgehead atoms. The molecule has 0 N–H and O–H groups in total. The van der Waals surface area contributed by atoms with Crippen LogP contribution in [0.3, 0.4) is 0 Å². The van der Waals surface area contributed by atoms with Crippen LogP contribution in [0.2, 0.25) is 0 Å². The summed E-state index contributed by atoms with van der Waals surface area (Å²) in [7, 11) is 0. The highest BCUT2D eigenvalue weighted by atomic mass is 15.2. The van der Waals surface area contributed by atoms with Gasteiger partial charge in [-0.15, -0.1) is 0 Å². The molecule has 2 aliphatic carbocycles. The molecule has 2 nitrogen and oxygen atoms in total. The van der Waals surface area contributed by atoms with Crippen LogP contribution < -0.4 is 20.2 Å². The molecular weight excluding hydrogens is 629 g/mol. The third kappa shape index (κ3) is 6.45. The van der Waals surface area contributed by atoms with Gasteiger partial charge in [0.1, 0.15) is 0 Å². The van der Waals surface area contributed by atoms with Crippen molar-refractivity contribution in [3.8, 4) is 11.1 Å². The number of rotatable bonds is 8. The Morgan fingerprint density at radius 3 is 1.77 bits per heavy atom. The number of allylic oxidation sites excluding steroid dienone is 2. The van der Waals surface area contributed by atoms with Crippen molar-refractivity contribution >= 4 is 45.7 Å². The first kappa shape index (κ1) is 31.8. The average molecular weight is 671 g/mol. The number of fused-ring (bicyclic) bond motifs is 2. The molecule has 2 atom stereocenters. The SMILES string of the molecule is C1=C(N(c2ccc(-c3ccccc3)cc2)c2ccc(N(c3ccc4ccccc4c3)C3C=c4ccccc4=CC3)cc2)CCC(c2ccccc2)C1. The second-order valence-corrected chi connectivity index (χ2v) is 14.0. The molecule has 52 heavy (non-hydrogen) atoms. The van der Waals surface area contributed by atoms with Crippen LogP contribution in [0.5, 0.6) is 0 Å². The van der Waals surface area contributed by atoms with Gasteiger partial charge in [0.15, 0.2) is 0 Å². The predicted octanol–water partition coefficient (Wildman–Crippen LogP) is 11.7. The molecular formula is C50H42N2. The third-order valence-electron chi connectivity index (χ3n) is 10.9. The number of nitrogens with zero attached hydrogens (tertiary/aromatic N) is 2. The topological polar surface area (TPSA) is 6.48 Å². The summed E-state index contributed by atoms with van der Waals surface area (Å²) in [5.41, 5.74) is 10.0. The first-order valence-corrected chi connectivity index (χ1v) is 18.6. The minimum atomic E-state index is 0.194. The van der Waals surface area contributed by atoms with Crippen molar-refractivity contribution in [1.29, 1.82) is 0 Å². The highest BCUT2D eigenvalue weighted by molar-refractivity contribution is 5.88. The van der Waals surface area contributed by atoms with Crippen molar-refractivity contribution in [2.75, 3.05) is 9.80 Å². The lowest BCUT2D eigenvalue weighted by molar-refractivity contribution is 0.593. The average Bonchev–Trinajstić information content (AvgIpc) is 3.23. The van der Waals surface area contributed by atoms with E-state index in [-0.39, 0.29) is 6.04 Å². The lowest BCUT2D eigenvalue weighted by atomic mass is 9.86. The van der Waals surface area contributed by atoms with Crippen LogP contribution in [0, 0.1) is 0 Å². The van der Waals surface area contributed by atoms with E-state index in [1.807, 2.05) is 0 Å². The largest absolute Gasteiger partial charge is 0.334 e. The number of hydrogen-bond donors (Lipinski definition) is 0. The molecule has 9 rings (SSSR count). The minimum Gasteiger partial charge on any atom is -0.334 e. The Labute approximate surface area is 306 Å². The summed E-state index contributed by atoms with van der Waals surface area (Å²) in [6.45, 7) is 0. The van der Waals surface area contributed by atoms with Gasteiger partial charge >= 0.3 is 0 Å². The summed E-state index contributed by atoms with van der Waals surface area (Å²) in [6.07, 6.45) is 11.5. The van der Waals surface area contributed by atoms with E-state index in [2.05, 4.69) is 204 Å². The van der Waals surface area contributed by atoms with Gasteiger partial charge in [0.05, 0.1) is 6.04 Å². The summed E-state index contributed by atoms with van der Waals surface area (Å²) < 4.78 is 0. The first-order valence-electron chi connectivity index (χ1n) is 18.6. The van der Waals surface area contributed by atoms with Crippen LogP contribution in [0.25, 0.3) is 34.1 Å². The van der Waals surface area contributed by atoms with Crippen molar-refractivity contribution < 1.29 is 0 Å². The molecule has 0 radical (unpaired) electrons. The summed E-state index contributed by atoms with van der Waals surface area (Å²) >= 11 is 0. The molecule has 0 saturated heterocycles. The molecule has 7 aromatic rings. The molecule has 2 heteroatoms. The lowest BCUT2D eigenvalue weighted by Gasteiger charge is -2.35. The van der Waals surface area contributed by atoms with Crippen LogP contribution in [0.4, 0.5) is 22.7 Å². The van der Waals surface area contributed by atoms with Gasteiger partial charge in [-0.05, 0) is 118 Å².